The van der Waals surface area contributed by atoms with Crippen molar-refractivity contribution in [2.45, 2.75) is 25.7 Å². The summed E-state index contributed by atoms with van der Waals surface area (Å²) in [5, 5.41) is -0.347. The lowest BCUT2D eigenvalue weighted by molar-refractivity contribution is -0.116. The Morgan fingerprint density at radius 2 is 1.95 bits per heavy atom. The van der Waals surface area contributed by atoms with Crippen molar-refractivity contribution in [3.05, 3.63) is 65.5 Å². The summed E-state index contributed by atoms with van der Waals surface area (Å²) in [5.74, 6) is 0. The van der Waals surface area contributed by atoms with Gasteiger partial charge in [-0.3, -0.25) is 9.78 Å². The normalized spacial score (nSPS) is 13.8. The minimum atomic E-state index is -0.724. The predicted octanol–water partition coefficient (Wildman–Crippen LogP) is 3.66. The van der Waals surface area contributed by atoms with Crippen LogP contribution in [0.1, 0.15) is 23.6 Å². The van der Waals surface area contributed by atoms with Gasteiger partial charge in [0, 0.05) is 12.4 Å². The molecule has 98 valence electrons. The first-order chi connectivity index (χ1) is 9.02. The lowest BCUT2D eigenvalue weighted by atomic mass is 9.78. The average Bonchev–Trinajstić information content (AvgIpc) is 2.40. The largest absolute Gasteiger partial charge is 0.280 e. The molecule has 0 aliphatic heterocycles. The van der Waals surface area contributed by atoms with E-state index in [4.69, 9.17) is 11.6 Å². The summed E-state index contributed by atoms with van der Waals surface area (Å²) in [5.41, 5.74) is 2.37. The van der Waals surface area contributed by atoms with Crippen LogP contribution in [0.3, 0.4) is 0 Å². The Balaban J connectivity index is 2.38. The van der Waals surface area contributed by atoms with Gasteiger partial charge >= 0.3 is 0 Å². The maximum absolute atomic E-state index is 11.9. The number of nitrogens with zero attached hydrogens (tertiary/aromatic N) is 1. The number of pyridine rings is 1. The number of rotatable bonds is 4. The van der Waals surface area contributed by atoms with Crippen LogP contribution in [-0.4, -0.2) is 10.2 Å². The van der Waals surface area contributed by atoms with E-state index in [2.05, 4.69) is 4.98 Å². The number of halogens is 1. The zero-order chi connectivity index (χ0) is 13.9. The molecule has 1 atom stereocenters. The molecule has 2 rings (SSSR count). The van der Waals surface area contributed by atoms with Crippen LogP contribution in [0, 0.1) is 6.92 Å². The first-order valence-electron chi connectivity index (χ1n) is 6.18. The molecule has 0 aliphatic rings. The van der Waals surface area contributed by atoms with Crippen molar-refractivity contribution in [1.82, 2.24) is 4.98 Å². The number of hydrogen-bond donors (Lipinski definition) is 0. The van der Waals surface area contributed by atoms with E-state index in [1.54, 1.807) is 12.4 Å². The second-order valence-corrected chi connectivity index (χ2v) is 5.35. The number of aryl methyl sites for hydroxylation is 1. The smallest absolute Gasteiger partial charge is 0.232 e. The highest BCUT2D eigenvalue weighted by atomic mass is 35.5. The van der Waals surface area contributed by atoms with Crippen molar-refractivity contribution in [1.29, 1.82) is 0 Å². The summed E-state index contributed by atoms with van der Waals surface area (Å²) in [4.78, 5) is 16.0. The third-order valence-corrected chi connectivity index (χ3v) is 3.82. The van der Waals surface area contributed by atoms with Gasteiger partial charge in [-0.15, -0.1) is 0 Å². The summed E-state index contributed by atoms with van der Waals surface area (Å²) in [6, 6.07) is 11.7. The standard InChI is InChI=1S/C16H16ClNO/c1-12-5-7-14(8-6-12)16(2,15(17)19)10-13-4-3-9-18-11-13/h3-9,11H,10H2,1-2H3. The second kappa shape index (κ2) is 5.54. The molecule has 0 radical (unpaired) electrons. The van der Waals surface area contributed by atoms with Crippen molar-refractivity contribution in [2.24, 2.45) is 0 Å². The fourth-order valence-corrected chi connectivity index (χ4v) is 2.29. The maximum Gasteiger partial charge on any atom is 0.232 e. The highest BCUT2D eigenvalue weighted by Crippen LogP contribution is 2.30. The fourth-order valence-electron chi connectivity index (χ4n) is 2.12. The van der Waals surface area contributed by atoms with Crippen LogP contribution < -0.4 is 0 Å². The Morgan fingerprint density at radius 3 is 2.47 bits per heavy atom. The Hall–Kier alpha value is -1.67. The summed E-state index contributed by atoms with van der Waals surface area (Å²) < 4.78 is 0. The van der Waals surface area contributed by atoms with E-state index in [-0.39, 0.29) is 5.24 Å². The Bertz CT molecular complexity index is 565. The molecule has 0 saturated carbocycles. The van der Waals surface area contributed by atoms with Gasteiger partial charge in [-0.2, -0.15) is 0 Å². The third kappa shape index (κ3) is 3.02. The van der Waals surface area contributed by atoms with Crippen LogP contribution in [0.15, 0.2) is 48.8 Å². The highest BCUT2D eigenvalue weighted by Gasteiger charge is 2.34. The van der Waals surface area contributed by atoms with Gasteiger partial charge in [0.25, 0.3) is 0 Å². The van der Waals surface area contributed by atoms with Crippen LogP contribution in [0.4, 0.5) is 0 Å². The lowest BCUT2D eigenvalue weighted by Gasteiger charge is -2.26. The third-order valence-electron chi connectivity index (χ3n) is 3.40. The van der Waals surface area contributed by atoms with E-state index in [0.717, 1.165) is 16.7 Å². The average molecular weight is 274 g/mol. The van der Waals surface area contributed by atoms with Crippen molar-refractivity contribution < 1.29 is 4.79 Å². The van der Waals surface area contributed by atoms with Crippen molar-refractivity contribution in [2.75, 3.05) is 0 Å². The van der Waals surface area contributed by atoms with Gasteiger partial charge in [0.1, 0.15) is 0 Å². The van der Waals surface area contributed by atoms with Gasteiger partial charge in [0.2, 0.25) is 5.24 Å². The number of benzene rings is 1. The molecule has 1 aromatic heterocycles. The zero-order valence-corrected chi connectivity index (χ0v) is 11.8. The molecular weight excluding hydrogens is 258 g/mol. The molecule has 0 saturated heterocycles. The molecular formula is C16H16ClNO. The minimum absolute atomic E-state index is 0.347. The molecule has 3 heteroatoms. The van der Waals surface area contributed by atoms with Gasteiger partial charge in [-0.25, -0.2) is 0 Å². The molecule has 19 heavy (non-hydrogen) atoms. The summed E-state index contributed by atoms with van der Waals surface area (Å²) in [6.45, 7) is 3.89. The molecule has 0 spiro atoms. The molecule has 1 unspecified atom stereocenters. The first-order valence-corrected chi connectivity index (χ1v) is 6.56. The number of carbonyl (C=O) groups excluding carboxylic acids is 1. The van der Waals surface area contributed by atoms with E-state index in [9.17, 15) is 4.79 Å². The quantitative estimate of drug-likeness (QED) is 0.796. The summed E-state index contributed by atoms with van der Waals surface area (Å²) in [7, 11) is 0. The Morgan fingerprint density at radius 1 is 1.26 bits per heavy atom. The van der Waals surface area contributed by atoms with E-state index >= 15 is 0 Å². The molecule has 0 bridgehead atoms. The SMILES string of the molecule is Cc1ccc(C(C)(Cc2cccnc2)C(=O)Cl)cc1. The van der Waals surface area contributed by atoms with E-state index in [0.29, 0.717) is 6.42 Å². The topological polar surface area (TPSA) is 30.0 Å². The summed E-state index contributed by atoms with van der Waals surface area (Å²) >= 11 is 5.85. The van der Waals surface area contributed by atoms with Gasteiger partial charge < -0.3 is 0 Å². The Labute approximate surface area is 118 Å². The van der Waals surface area contributed by atoms with E-state index < -0.39 is 5.41 Å². The number of hydrogen-bond acceptors (Lipinski definition) is 2. The van der Waals surface area contributed by atoms with Crippen LogP contribution in [0.2, 0.25) is 0 Å². The highest BCUT2D eigenvalue weighted by molar-refractivity contribution is 6.65. The summed E-state index contributed by atoms with van der Waals surface area (Å²) in [6.07, 6.45) is 4.04. The fraction of sp³-hybridized carbons (Fsp3) is 0.250. The minimum Gasteiger partial charge on any atom is -0.280 e. The molecule has 2 nitrogen and oxygen atoms in total. The van der Waals surface area contributed by atoms with Gasteiger partial charge in [-0.05, 0) is 49.1 Å². The molecule has 0 N–H and O–H groups in total. The monoisotopic (exact) mass is 273 g/mol. The lowest BCUT2D eigenvalue weighted by Crippen LogP contribution is -2.31. The molecule has 0 fully saturated rings. The van der Waals surface area contributed by atoms with Crippen LogP contribution in [0.5, 0.6) is 0 Å². The zero-order valence-electron chi connectivity index (χ0n) is 11.1. The molecule has 1 heterocycles. The molecule has 0 amide bonds. The van der Waals surface area contributed by atoms with E-state index in [1.807, 2.05) is 50.2 Å². The number of carbonyl (C=O) groups is 1. The Kier molecular flexibility index (Phi) is 4.01. The maximum atomic E-state index is 11.9. The van der Waals surface area contributed by atoms with Gasteiger partial charge in [0.15, 0.2) is 0 Å². The van der Waals surface area contributed by atoms with Crippen molar-refractivity contribution in [3.8, 4) is 0 Å². The first kappa shape index (κ1) is 13.8. The molecule has 0 aliphatic carbocycles. The number of aromatic nitrogens is 1. The van der Waals surface area contributed by atoms with Gasteiger partial charge in [-0.1, -0.05) is 35.9 Å². The van der Waals surface area contributed by atoms with Gasteiger partial charge in [0.05, 0.1) is 5.41 Å². The predicted molar refractivity (Wildman–Crippen MR) is 77.3 cm³/mol. The van der Waals surface area contributed by atoms with Crippen LogP contribution >= 0.6 is 11.6 Å². The van der Waals surface area contributed by atoms with E-state index in [1.165, 1.54) is 0 Å². The molecule has 1 aromatic carbocycles. The van der Waals surface area contributed by atoms with Crippen molar-refractivity contribution >= 4 is 16.8 Å². The van der Waals surface area contributed by atoms with Crippen LogP contribution in [-0.2, 0) is 16.6 Å². The second-order valence-electron chi connectivity index (χ2n) is 5.01. The van der Waals surface area contributed by atoms with Crippen LogP contribution in [0.25, 0.3) is 0 Å². The van der Waals surface area contributed by atoms with Crippen molar-refractivity contribution in [3.63, 3.8) is 0 Å². The molecule has 2 aromatic rings.